The SMILES string of the molecule is CCOc1cnn(C(C)C(NC)C(=O)O)c1. The predicted octanol–water partition coefficient (Wildman–Crippen LogP) is 0.515. The smallest absolute Gasteiger partial charge is 0.322 e. The maximum Gasteiger partial charge on any atom is 0.322 e. The molecule has 16 heavy (non-hydrogen) atoms. The van der Waals surface area contributed by atoms with Crippen molar-refractivity contribution < 1.29 is 14.6 Å². The second-order valence-corrected chi connectivity index (χ2v) is 3.43. The Labute approximate surface area is 94.2 Å². The van der Waals surface area contributed by atoms with E-state index in [0.717, 1.165) is 0 Å². The lowest BCUT2D eigenvalue weighted by molar-refractivity contribution is -0.140. The Balaban J connectivity index is 2.77. The van der Waals surface area contributed by atoms with Crippen LogP contribution < -0.4 is 10.1 Å². The molecule has 0 bridgehead atoms. The van der Waals surface area contributed by atoms with Crippen LogP contribution in [0.3, 0.4) is 0 Å². The fourth-order valence-corrected chi connectivity index (χ4v) is 1.51. The highest BCUT2D eigenvalue weighted by Crippen LogP contribution is 2.15. The van der Waals surface area contributed by atoms with Gasteiger partial charge in [-0.1, -0.05) is 0 Å². The van der Waals surface area contributed by atoms with Crippen molar-refractivity contribution in [1.82, 2.24) is 15.1 Å². The van der Waals surface area contributed by atoms with Gasteiger partial charge < -0.3 is 15.2 Å². The Morgan fingerprint density at radius 2 is 2.44 bits per heavy atom. The first-order valence-corrected chi connectivity index (χ1v) is 5.17. The summed E-state index contributed by atoms with van der Waals surface area (Å²) in [6.45, 7) is 4.24. The number of ether oxygens (including phenoxy) is 1. The number of hydrogen-bond donors (Lipinski definition) is 2. The maximum absolute atomic E-state index is 10.9. The number of nitrogens with one attached hydrogen (secondary N) is 1. The lowest BCUT2D eigenvalue weighted by atomic mass is 10.1. The van der Waals surface area contributed by atoms with E-state index >= 15 is 0 Å². The van der Waals surface area contributed by atoms with Gasteiger partial charge in [0.15, 0.2) is 5.75 Å². The average Bonchev–Trinajstić information content (AvgIpc) is 2.67. The summed E-state index contributed by atoms with van der Waals surface area (Å²) >= 11 is 0. The molecule has 1 heterocycles. The van der Waals surface area contributed by atoms with Crippen LogP contribution in [0.2, 0.25) is 0 Å². The van der Waals surface area contributed by atoms with Gasteiger partial charge in [-0.2, -0.15) is 5.10 Å². The number of carboxylic acids is 1. The Morgan fingerprint density at radius 1 is 1.75 bits per heavy atom. The topological polar surface area (TPSA) is 76.4 Å². The molecule has 0 spiro atoms. The monoisotopic (exact) mass is 227 g/mol. The van der Waals surface area contributed by atoms with E-state index in [1.165, 1.54) is 0 Å². The summed E-state index contributed by atoms with van der Waals surface area (Å²) in [4.78, 5) is 10.9. The summed E-state index contributed by atoms with van der Waals surface area (Å²) in [6, 6.07) is -0.953. The summed E-state index contributed by atoms with van der Waals surface area (Å²) in [5.41, 5.74) is 0. The van der Waals surface area contributed by atoms with E-state index in [0.29, 0.717) is 12.4 Å². The third-order valence-electron chi connectivity index (χ3n) is 2.37. The largest absolute Gasteiger partial charge is 0.491 e. The molecule has 0 aliphatic heterocycles. The number of aromatic nitrogens is 2. The minimum atomic E-state index is -0.900. The first-order chi connectivity index (χ1) is 7.60. The first kappa shape index (κ1) is 12.5. The second-order valence-electron chi connectivity index (χ2n) is 3.43. The molecular weight excluding hydrogens is 210 g/mol. The summed E-state index contributed by atoms with van der Waals surface area (Å²) < 4.78 is 6.84. The molecule has 2 atom stereocenters. The minimum absolute atomic E-state index is 0.281. The summed E-state index contributed by atoms with van der Waals surface area (Å²) in [7, 11) is 1.61. The van der Waals surface area contributed by atoms with E-state index in [4.69, 9.17) is 9.84 Å². The molecule has 1 rings (SSSR count). The summed E-state index contributed by atoms with van der Waals surface area (Å²) in [6.07, 6.45) is 3.27. The third-order valence-corrected chi connectivity index (χ3v) is 2.37. The van der Waals surface area contributed by atoms with Gasteiger partial charge in [-0.05, 0) is 20.9 Å². The zero-order chi connectivity index (χ0) is 12.1. The molecule has 0 fully saturated rings. The first-order valence-electron chi connectivity index (χ1n) is 5.17. The Morgan fingerprint density at radius 3 is 2.94 bits per heavy atom. The molecule has 0 aliphatic rings. The van der Waals surface area contributed by atoms with Crippen LogP contribution in [0.25, 0.3) is 0 Å². The van der Waals surface area contributed by atoms with Crippen molar-refractivity contribution in [2.24, 2.45) is 0 Å². The summed E-state index contributed by atoms with van der Waals surface area (Å²) in [5.74, 6) is -0.252. The zero-order valence-corrected chi connectivity index (χ0v) is 9.67. The molecule has 0 aliphatic carbocycles. The lowest BCUT2D eigenvalue weighted by Gasteiger charge is -2.19. The molecule has 1 aromatic rings. The van der Waals surface area contributed by atoms with E-state index < -0.39 is 12.0 Å². The van der Waals surface area contributed by atoms with Gasteiger partial charge >= 0.3 is 5.97 Å². The number of aliphatic carboxylic acids is 1. The van der Waals surface area contributed by atoms with Crippen molar-refractivity contribution in [2.75, 3.05) is 13.7 Å². The number of nitrogens with zero attached hydrogens (tertiary/aromatic N) is 2. The van der Waals surface area contributed by atoms with E-state index in [9.17, 15) is 4.79 Å². The van der Waals surface area contributed by atoms with Crippen LogP contribution in [0.4, 0.5) is 0 Å². The van der Waals surface area contributed by atoms with Crippen molar-refractivity contribution in [3.05, 3.63) is 12.4 Å². The van der Waals surface area contributed by atoms with Crippen LogP contribution in [-0.4, -0.2) is 40.6 Å². The van der Waals surface area contributed by atoms with Gasteiger partial charge in [-0.25, -0.2) is 0 Å². The van der Waals surface area contributed by atoms with Crippen LogP contribution in [0.15, 0.2) is 12.4 Å². The molecule has 6 nitrogen and oxygen atoms in total. The van der Waals surface area contributed by atoms with Gasteiger partial charge in [0.25, 0.3) is 0 Å². The lowest BCUT2D eigenvalue weighted by Crippen LogP contribution is -2.40. The predicted molar refractivity (Wildman–Crippen MR) is 58.6 cm³/mol. The third kappa shape index (κ3) is 2.73. The van der Waals surface area contributed by atoms with Gasteiger partial charge in [-0.15, -0.1) is 0 Å². The molecule has 1 aromatic heterocycles. The van der Waals surface area contributed by atoms with Crippen LogP contribution in [-0.2, 0) is 4.79 Å². The molecule has 0 radical (unpaired) electrons. The van der Waals surface area contributed by atoms with E-state index in [1.807, 2.05) is 6.92 Å². The number of likely N-dealkylation sites (N-methyl/N-ethyl adjacent to an activating group) is 1. The Bertz CT molecular complexity index is 351. The van der Waals surface area contributed by atoms with Crippen LogP contribution in [0.5, 0.6) is 5.75 Å². The van der Waals surface area contributed by atoms with Crippen molar-refractivity contribution >= 4 is 5.97 Å². The number of rotatable bonds is 6. The van der Waals surface area contributed by atoms with Crippen molar-refractivity contribution in [1.29, 1.82) is 0 Å². The van der Waals surface area contributed by atoms with E-state index in [2.05, 4.69) is 10.4 Å². The number of hydrogen-bond acceptors (Lipinski definition) is 4. The van der Waals surface area contributed by atoms with Gasteiger partial charge in [0.05, 0.1) is 25.0 Å². The highest BCUT2D eigenvalue weighted by Gasteiger charge is 2.24. The molecule has 6 heteroatoms. The van der Waals surface area contributed by atoms with Gasteiger partial charge in [0.1, 0.15) is 6.04 Å². The minimum Gasteiger partial charge on any atom is -0.491 e. The average molecular weight is 227 g/mol. The molecule has 0 saturated carbocycles. The Kier molecular flexibility index (Phi) is 4.30. The maximum atomic E-state index is 10.9. The fourth-order valence-electron chi connectivity index (χ4n) is 1.51. The molecule has 0 amide bonds. The van der Waals surface area contributed by atoms with E-state index in [1.54, 1.807) is 31.0 Å². The quantitative estimate of drug-likeness (QED) is 0.740. The standard InChI is InChI=1S/C10H17N3O3/c1-4-16-8-5-12-13(6-8)7(2)9(11-3)10(14)15/h5-7,9,11H,4H2,1-3H3,(H,14,15). The van der Waals surface area contributed by atoms with Gasteiger partial charge in [-0.3, -0.25) is 9.48 Å². The van der Waals surface area contributed by atoms with Gasteiger partial charge in [0.2, 0.25) is 0 Å². The molecule has 0 aromatic carbocycles. The number of carboxylic acid groups (broad SMARTS) is 1. The Hall–Kier alpha value is -1.56. The summed E-state index contributed by atoms with van der Waals surface area (Å²) in [5, 5.41) is 15.8. The zero-order valence-electron chi connectivity index (χ0n) is 9.67. The van der Waals surface area contributed by atoms with Crippen LogP contribution in [0.1, 0.15) is 19.9 Å². The van der Waals surface area contributed by atoms with Crippen LogP contribution in [0, 0.1) is 0 Å². The normalized spacial score (nSPS) is 14.4. The number of carbonyl (C=O) groups is 1. The van der Waals surface area contributed by atoms with Crippen LogP contribution >= 0.6 is 0 Å². The molecule has 0 saturated heterocycles. The fraction of sp³-hybridized carbons (Fsp3) is 0.600. The highest BCUT2D eigenvalue weighted by molar-refractivity contribution is 5.74. The molecular formula is C10H17N3O3. The van der Waals surface area contributed by atoms with Crippen molar-refractivity contribution in [2.45, 2.75) is 25.9 Å². The molecule has 2 unspecified atom stereocenters. The van der Waals surface area contributed by atoms with Crippen molar-refractivity contribution in [3.63, 3.8) is 0 Å². The highest BCUT2D eigenvalue weighted by atomic mass is 16.5. The molecule has 2 N–H and O–H groups in total. The van der Waals surface area contributed by atoms with Gasteiger partial charge in [0, 0.05) is 0 Å². The van der Waals surface area contributed by atoms with Crippen molar-refractivity contribution in [3.8, 4) is 5.75 Å². The molecule has 90 valence electrons. The van der Waals surface area contributed by atoms with E-state index in [-0.39, 0.29) is 6.04 Å². The second kappa shape index (κ2) is 5.50.